The second kappa shape index (κ2) is 6.21. The Kier molecular flexibility index (Phi) is 4.61. The van der Waals surface area contributed by atoms with Gasteiger partial charge in [-0.05, 0) is 30.5 Å². The Balaban J connectivity index is 1.91. The Labute approximate surface area is 113 Å². The topological polar surface area (TPSA) is 55.1 Å². The molecule has 3 nitrogen and oxygen atoms in total. The molecule has 1 aromatic carbocycles. The van der Waals surface area contributed by atoms with Crippen LogP contribution < -0.4 is 11.1 Å². The number of rotatable bonds is 4. The smallest absolute Gasteiger partial charge is 0.222 e. The van der Waals surface area contributed by atoms with Crippen molar-refractivity contribution in [2.24, 2.45) is 11.7 Å². The van der Waals surface area contributed by atoms with Crippen molar-refractivity contribution in [3.8, 4) is 0 Å². The van der Waals surface area contributed by atoms with Crippen LogP contribution in [0.4, 0.5) is 0 Å². The fraction of sp³-hybridized carbons (Fsp3) is 0.500. The number of carbonyl (C=O) groups is 1. The number of halogens is 1. The second-order valence-corrected chi connectivity index (χ2v) is 5.34. The number of benzene rings is 1. The minimum atomic E-state index is -0.177. The summed E-state index contributed by atoms with van der Waals surface area (Å²) < 4.78 is 0. The zero-order chi connectivity index (χ0) is 13.0. The van der Waals surface area contributed by atoms with Gasteiger partial charge in [0.2, 0.25) is 5.91 Å². The van der Waals surface area contributed by atoms with Gasteiger partial charge in [-0.1, -0.05) is 36.6 Å². The standard InChI is InChI=1S/C14H19ClN2O/c15-11-7-5-10(6-8-11)9-17-13-4-2-1-3-12(13)14(16)18/h5-8,12-13,17H,1-4,9H2,(H2,16,18)/t12-,13+/m0/s1. The number of nitrogens with one attached hydrogen (secondary N) is 1. The lowest BCUT2D eigenvalue weighted by Gasteiger charge is -2.30. The van der Waals surface area contributed by atoms with Crippen molar-refractivity contribution in [1.29, 1.82) is 0 Å². The van der Waals surface area contributed by atoms with Gasteiger partial charge in [0, 0.05) is 17.6 Å². The Bertz CT molecular complexity index is 405. The summed E-state index contributed by atoms with van der Waals surface area (Å²) in [4.78, 5) is 11.4. The summed E-state index contributed by atoms with van der Waals surface area (Å²) in [6.45, 7) is 0.756. The highest BCUT2D eigenvalue weighted by Gasteiger charge is 2.28. The van der Waals surface area contributed by atoms with E-state index in [-0.39, 0.29) is 17.9 Å². The summed E-state index contributed by atoms with van der Waals surface area (Å²) in [6, 6.07) is 7.97. The van der Waals surface area contributed by atoms with Crippen molar-refractivity contribution in [3.63, 3.8) is 0 Å². The molecule has 0 aliphatic heterocycles. The van der Waals surface area contributed by atoms with Crippen molar-refractivity contribution < 1.29 is 4.79 Å². The minimum Gasteiger partial charge on any atom is -0.369 e. The molecule has 18 heavy (non-hydrogen) atoms. The largest absolute Gasteiger partial charge is 0.369 e. The van der Waals surface area contributed by atoms with Gasteiger partial charge in [-0.15, -0.1) is 0 Å². The molecule has 0 unspecified atom stereocenters. The van der Waals surface area contributed by atoms with Crippen LogP contribution in [0, 0.1) is 5.92 Å². The maximum atomic E-state index is 11.4. The number of primary amides is 1. The first kappa shape index (κ1) is 13.4. The quantitative estimate of drug-likeness (QED) is 0.880. The molecule has 1 fully saturated rings. The average Bonchev–Trinajstić information content (AvgIpc) is 2.38. The third-order valence-corrected chi connectivity index (χ3v) is 3.87. The number of carbonyl (C=O) groups excluding carboxylic acids is 1. The molecule has 0 radical (unpaired) electrons. The zero-order valence-electron chi connectivity index (χ0n) is 10.4. The molecule has 1 aliphatic rings. The lowest BCUT2D eigenvalue weighted by molar-refractivity contribution is -0.123. The summed E-state index contributed by atoms with van der Waals surface area (Å²) in [5.74, 6) is -0.200. The Morgan fingerprint density at radius 3 is 2.61 bits per heavy atom. The summed E-state index contributed by atoms with van der Waals surface area (Å²) in [6.07, 6.45) is 4.21. The fourth-order valence-corrected chi connectivity index (χ4v) is 2.69. The molecule has 1 aromatic rings. The van der Waals surface area contributed by atoms with Crippen LogP contribution >= 0.6 is 11.6 Å². The van der Waals surface area contributed by atoms with Crippen LogP contribution in [0.1, 0.15) is 31.2 Å². The summed E-state index contributed by atoms with van der Waals surface area (Å²) in [7, 11) is 0. The van der Waals surface area contributed by atoms with Crippen molar-refractivity contribution >= 4 is 17.5 Å². The molecule has 98 valence electrons. The number of amides is 1. The molecule has 0 bridgehead atoms. The summed E-state index contributed by atoms with van der Waals surface area (Å²) in [5, 5.41) is 4.19. The van der Waals surface area contributed by atoms with Crippen molar-refractivity contribution in [1.82, 2.24) is 5.32 Å². The summed E-state index contributed by atoms with van der Waals surface area (Å²) >= 11 is 5.84. The molecule has 0 saturated heterocycles. The predicted molar refractivity (Wildman–Crippen MR) is 73.2 cm³/mol. The number of hydrogen-bond donors (Lipinski definition) is 2. The molecule has 0 aromatic heterocycles. The fourth-order valence-electron chi connectivity index (χ4n) is 2.57. The van der Waals surface area contributed by atoms with Crippen LogP contribution in [0.15, 0.2) is 24.3 Å². The van der Waals surface area contributed by atoms with E-state index in [1.807, 2.05) is 24.3 Å². The van der Waals surface area contributed by atoms with E-state index in [1.54, 1.807) is 0 Å². The monoisotopic (exact) mass is 266 g/mol. The van der Waals surface area contributed by atoms with Crippen LogP contribution in [-0.4, -0.2) is 11.9 Å². The van der Waals surface area contributed by atoms with E-state index in [9.17, 15) is 4.79 Å². The van der Waals surface area contributed by atoms with Crippen molar-refractivity contribution in [2.45, 2.75) is 38.3 Å². The van der Waals surface area contributed by atoms with Gasteiger partial charge in [0.1, 0.15) is 0 Å². The minimum absolute atomic E-state index is 0.0222. The Morgan fingerprint density at radius 2 is 1.94 bits per heavy atom. The van der Waals surface area contributed by atoms with Gasteiger partial charge in [0.05, 0.1) is 5.92 Å². The second-order valence-electron chi connectivity index (χ2n) is 4.91. The van der Waals surface area contributed by atoms with Gasteiger partial charge in [0.25, 0.3) is 0 Å². The zero-order valence-corrected chi connectivity index (χ0v) is 11.1. The third kappa shape index (κ3) is 3.47. The Morgan fingerprint density at radius 1 is 1.28 bits per heavy atom. The maximum Gasteiger partial charge on any atom is 0.222 e. The van der Waals surface area contributed by atoms with E-state index in [0.717, 1.165) is 30.8 Å². The highest BCUT2D eigenvalue weighted by atomic mass is 35.5. The molecule has 0 spiro atoms. The van der Waals surface area contributed by atoms with Crippen LogP contribution in [0.2, 0.25) is 5.02 Å². The molecule has 1 saturated carbocycles. The van der Waals surface area contributed by atoms with Gasteiger partial charge in [-0.3, -0.25) is 4.79 Å². The van der Waals surface area contributed by atoms with Gasteiger partial charge in [0.15, 0.2) is 0 Å². The van der Waals surface area contributed by atoms with Crippen LogP contribution in [0.5, 0.6) is 0 Å². The van der Waals surface area contributed by atoms with E-state index in [4.69, 9.17) is 17.3 Å². The SMILES string of the molecule is NC(=O)[C@H]1CCCC[C@H]1NCc1ccc(Cl)cc1. The third-order valence-electron chi connectivity index (χ3n) is 3.61. The van der Waals surface area contributed by atoms with E-state index in [2.05, 4.69) is 5.32 Å². The van der Waals surface area contributed by atoms with Gasteiger partial charge in [-0.2, -0.15) is 0 Å². The molecule has 2 rings (SSSR count). The van der Waals surface area contributed by atoms with Crippen molar-refractivity contribution in [3.05, 3.63) is 34.9 Å². The average molecular weight is 267 g/mol. The molecule has 3 N–H and O–H groups in total. The normalized spacial score (nSPS) is 23.8. The van der Waals surface area contributed by atoms with E-state index >= 15 is 0 Å². The lowest BCUT2D eigenvalue weighted by Crippen LogP contribution is -2.44. The maximum absolute atomic E-state index is 11.4. The first-order valence-electron chi connectivity index (χ1n) is 6.44. The van der Waals surface area contributed by atoms with Crippen molar-refractivity contribution in [2.75, 3.05) is 0 Å². The number of hydrogen-bond acceptors (Lipinski definition) is 2. The van der Waals surface area contributed by atoms with Crippen LogP contribution in [0.3, 0.4) is 0 Å². The molecule has 0 heterocycles. The lowest BCUT2D eigenvalue weighted by atomic mass is 9.84. The molecule has 4 heteroatoms. The molecular formula is C14H19ClN2O. The molecule has 1 amide bonds. The van der Waals surface area contributed by atoms with Gasteiger partial charge >= 0.3 is 0 Å². The first-order valence-corrected chi connectivity index (χ1v) is 6.82. The molecule has 1 aliphatic carbocycles. The summed E-state index contributed by atoms with van der Waals surface area (Å²) in [5.41, 5.74) is 6.62. The Hall–Kier alpha value is -1.06. The highest BCUT2D eigenvalue weighted by Crippen LogP contribution is 2.24. The van der Waals surface area contributed by atoms with E-state index in [1.165, 1.54) is 12.0 Å². The number of nitrogens with two attached hydrogens (primary N) is 1. The highest BCUT2D eigenvalue weighted by molar-refractivity contribution is 6.30. The van der Waals surface area contributed by atoms with Gasteiger partial charge in [-0.25, -0.2) is 0 Å². The first-order chi connectivity index (χ1) is 8.66. The van der Waals surface area contributed by atoms with E-state index < -0.39 is 0 Å². The predicted octanol–water partition coefficient (Wildman–Crippen LogP) is 2.47. The molecule has 2 atom stereocenters. The molecular weight excluding hydrogens is 248 g/mol. The van der Waals surface area contributed by atoms with Crippen LogP contribution in [-0.2, 0) is 11.3 Å². The van der Waals surface area contributed by atoms with E-state index in [0.29, 0.717) is 0 Å². The van der Waals surface area contributed by atoms with Crippen LogP contribution in [0.25, 0.3) is 0 Å². The van der Waals surface area contributed by atoms with Gasteiger partial charge < -0.3 is 11.1 Å².